The van der Waals surface area contributed by atoms with Crippen molar-refractivity contribution in [2.75, 3.05) is 0 Å². The number of halogens is 1. The predicted octanol–water partition coefficient (Wildman–Crippen LogP) is -0.766. The van der Waals surface area contributed by atoms with E-state index in [0.717, 1.165) is 6.07 Å². The number of nitrogens with one attached hydrogen (secondary N) is 2. The number of piperidine rings is 1. The van der Waals surface area contributed by atoms with Crippen molar-refractivity contribution >= 4 is 23.4 Å². The van der Waals surface area contributed by atoms with Crippen molar-refractivity contribution in [2.24, 2.45) is 0 Å². The van der Waals surface area contributed by atoms with Crippen molar-refractivity contribution < 1.29 is 24.5 Å². The third-order valence-corrected chi connectivity index (χ3v) is 2.82. The van der Waals surface area contributed by atoms with Gasteiger partial charge in [-0.25, -0.2) is 4.39 Å². The Hall–Kier alpha value is -2.28. The molecule has 19 heavy (non-hydrogen) atoms. The van der Waals surface area contributed by atoms with Crippen LogP contribution < -0.4 is 16.4 Å². The molecule has 1 fully saturated rings. The van der Waals surface area contributed by atoms with Crippen LogP contribution in [0.5, 0.6) is 0 Å². The third-order valence-electron chi connectivity index (χ3n) is 2.82. The van der Waals surface area contributed by atoms with E-state index in [2.05, 4.69) is 16.4 Å². The summed E-state index contributed by atoms with van der Waals surface area (Å²) in [6, 6.07) is 3.13. The van der Waals surface area contributed by atoms with Gasteiger partial charge in [0, 0.05) is 12.5 Å². The van der Waals surface area contributed by atoms with Crippen LogP contribution >= 0.6 is 0 Å². The highest BCUT2D eigenvalue weighted by atomic mass is 19.1. The van der Waals surface area contributed by atoms with Gasteiger partial charge in [-0.1, -0.05) is 0 Å². The lowest BCUT2D eigenvalue weighted by molar-refractivity contribution is -0.255. The zero-order valence-corrected chi connectivity index (χ0v) is 10.0. The fourth-order valence-corrected chi connectivity index (χ4v) is 1.81. The highest BCUT2D eigenvalue weighted by molar-refractivity contribution is 6.03. The summed E-state index contributed by atoms with van der Waals surface area (Å²) in [4.78, 5) is 34.3. The fourth-order valence-electron chi connectivity index (χ4n) is 1.81. The quantitative estimate of drug-likeness (QED) is 0.613. The molecular weight excluding hydrogens is 253 g/mol. The zero-order chi connectivity index (χ0) is 14.0. The molecule has 0 unspecified atom stereocenters. The smallest absolute Gasteiger partial charge is 0.254 e. The molecule has 7 heteroatoms. The summed E-state index contributed by atoms with van der Waals surface area (Å²) >= 11 is 0. The predicted molar refractivity (Wildman–Crippen MR) is 62.6 cm³/mol. The van der Waals surface area contributed by atoms with Crippen molar-refractivity contribution in [3.05, 3.63) is 29.6 Å². The number of amides is 3. The van der Waals surface area contributed by atoms with Gasteiger partial charge in [0.2, 0.25) is 11.8 Å². The maximum absolute atomic E-state index is 13.6. The van der Waals surface area contributed by atoms with Gasteiger partial charge in [0.1, 0.15) is 17.5 Å². The number of imide groups is 1. The van der Waals surface area contributed by atoms with E-state index in [4.69, 9.17) is 0 Å². The fraction of sp³-hybridized carbons (Fsp3) is 0.250. The summed E-state index contributed by atoms with van der Waals surface area (Å²) in [5, 5.41) is 4.52. The van der Waals surface area contributed by atoms with Gasteiger partial charge in [0.15, 0.2) is 0 Å². The van der Waals surface area contributed by atoms with Crippen molar-refractivity contribution in [3.8, 4) is 0 Å². The molecule has 3 amide bonds. The summed E-state index contributed by atoms with van der Waals surface area (Å²) in [6.45, 7) is 0. The largest absolute Gasteiger partial charge is 0.340 e. The molecule has 1 atom stereocenters. The number of rotatable bonds is 2. The van der Waals surface area contributed by atoms with Crippen LogP contribution in [0.3, 0.4) is 0 Å². The lowest BCUT2D eigenvalue weighted by atomic mass is 10.1. The van der Waals surface area contributed by atoms with E-state index >= 15 is 0 Å². The minimum atomic E-state index is -0.816. The second kappa shape index (κ2) is 5.15. The minimum Gasteiger partial charge on any atom is -0.340 e. The van der Waals surface area contributed by atoms with Crippen LogP contribution in [-0.4, -0.2) is 23.8 Å². The molecule has 0 spiro atoms. The summed E-state index contributed by atoms with van der Waals surface area (Å²) in [6.07, 6.45) is 0.364. The molecule has 0 radical (unpaired) electrons. The van der Waals surface area contributed by atoms with Gasteiger partial charge >= 0.3 is 0 Å². The first-order valence-electron chi connectivity index (χ1n) is 5.73. The highest BCUT2D eigenvalue weighted by Crippen LogP contribution is 2.12. The number of quaternary nitrogens is 1. The van der Waals surface area contributed by atoms with Gasteiger partial charge in [-0.3, -0.25) is 19.7 Å². The van der Waals surface area contributed by atoms with Gasteiger partial charge in [-0.15, -0.1) is 0 Å². The van der Waals surface area contributed by atoms with Crippen LogP contribution in [0.1, 0.15) is 23.2 Å². The zero-order valence-electron chi connectivity index (χ0n) is 10.0. The molecule has 1 aromatic rings. The Morgan fingerprint density at radius 1 is 1.42 bits per heavy atom. The molecule has 2 rings (SSSR count). The molecule has 0 saturated carbocycles. The number of benzene rings is 1. The Morgan fingerprint density at radius 3 is 2.79 bits per heavy atom. The van der Waals surface area contributed by atoms with Crippen molar-refractivity contribution in [3.63, 3.8) is 0 Å². The first kappa shape index (κ1) is 13.2. The summed E-state index contributed by atoms with van der Waals surface area (Å²) in [7, 11) is 0. The monoisotopic (exact) mass is 266 g/mol. The van der Waals surface area contributed by atoms with Crippen LogP contribution in [0.2, 0.25) is 0 Å². The second-order valence-electron chi connectivity index (χ2n) is 4.29. The summed E-state index contributed by atoms with van der Waals surface area (Å²) in [5.41, 5.74) is 3.84. The first-order chi connectivity index (χ1) is 8.97. The standard InChI is InChI=1S/C12H12FN3O3/c13-8-5-6(14)1-2-7(8)11(18)15-9-3-4-10(17)16-12(9)19/h1-2,5,9H,3-4,14H2,(H,15,18)(H,16,17,19)/p+1/t9-/m0/s1. The topological polar surface area (TPSA) is 103 Å². The molecule has 1 aliphatic heterocycles. The molecule has 6 nitrogen and oxygen atoms in total. The van der Waals surface area contributed by atoms with E-state index in [1.54, 1.807) is 0 Å². The second-order valence-corrected chi connectivity index (χ2v) is 4.29. The average Bonchev–Trinajstić information content (AvgIpc) is 2.32. The van der Waals surface area contributed by atoms with E-state index in [1.165, 1.54) is 12.1 Å². The van der Waals surface area contributed by atoms with Crippen LogP contribution in [0.4, 0.5) is 10.1 Å². The normalized spacial score (nSPS) is 18.9. The lowest BCUT2D eigenvalue weighted by Crippen LogP contribution is -2.52. The maximum atomic E-state index is 13.6. The van der Waals surface area contributed by atoms with Crippen LogP contribution in [0.15, 0.2) is 18.2 Å². The molecule has 1 aliphatic rings. The lowest BCUT2D eigenvalue weighted by Gasteiger charge is -2.21. The SMILES string of the molecule is [NH3+]c1ccc(C(=O)N[C@H]2CCC(=O)NC2=O)c(F)c1. The highest BCUT2D eigenvalue weighted by Gasteiger charge is 2.28. The van der Waals surface area contributed by atoms with Gasteiger partial charge in [0.05, 0.1) is 5.56 Å². The van der Waals surface area contributed by atoms with Crippen molar-refractivity contribution in [2.45, 2.75) is 18.9 Å². The minimum absolute atomic E-state index is 0.150. The van der Waals surface area contributed by atoms with E-state index in [9.17, 15) is 18.8 Å². The number of carbonyl (C=O) groups excluding carboxylic acids is 3. The Bertz CT molecular complexity index is 559. The van der Waals surface area contributed by atoms with E-state index in [-0.39, 0.29) is 24.3 Å². The van der Waals surface area contributed by atoms with Crippen LogP contribution in [-0.2, 0) is 9.59 Å². The molecule has 5 N–H and O–H groups in total. The molecule has 1 heterocycles. The van der Waals surface area contributed by atoms with E-state index < -0.39 is 23.7 Å². The Labute approximate surface area is 108 Å². The molecule has 1 aromatic carbocycles. The van der Waals surface area contributed by atoms with Crippen molar-refractivity contribution in [1.82, 2.24) is 10.6 Å². The Morgan fingerprint density at radius 2 is 2.16 bits per heavy atom. The summed E-state index contributed by atoms with van der Waals surface area (Å²) in [5.74, 6) is -2.33. The van der Waals surface area contributed by atoms with Gasteiger partial charge in [-0.2, -0.15) is 0 Å². The van der Waals surface area contributed by atoms with Crippen molar-refractivity contribution in [1.29, 1.82) is 0 Å². The van der Waals surface area contributed by atoms with Gasteiger partial charge < -0.3 is 11.1 Å². The Kier molecular flexibility index (Phi) is 3.57. The molecular formula is C12H13FN3O3+. The van der Waals surface area contributed by atoms with Gasteiger partial charge in [-0.05, 0) is 18.6 Å². The molecule has 1 saturated heterocycles. The van der Waals surface area contributed by atoms with E-state index in [0.29, 0.717) is 5.69 Å². The third kappa shape index (κ3) is 2.94. The first-order valence-corrected chi connectivity index (χ1v) is 5.73. The number of carbonyl (C=O) groups is 3. The molecule has 0 aromatic heterocycles. The number of hydrogen-bond donors (Lipinski definition) is 3. The maximum Gasteiger partial charge on any atom is 0.254 e. The van der Waals surface area contributed by atoms with Gasteiger partial charge in [0.25, 0.3) is 5.91 Å². The average molecular weight is 266 g/mol. The molecule has 100 valence electrons. The van der Waals surface area contributed by atoms with Crippen LogP contribution in [0, 0.1) is 5.82 Å². The summed E-state index contributed by atoms with van der Waals surface area (Å²) < 4.78 is 13.6. The Balaban J connectivity index is 2.09. The molecule has 0 bridgehead atoms. The van der Waals surface area contributed by atoms with Crippen LogP contribution in [0.25, 0.3) is 0 Å². The molecule has 0 aliphatic carbocycles. The number of hydrogen-bond acceptors (Lipinski definition) is 3. The van der Waals surface area contributed by atoms with E-state index in [1.807, 2.05) is 0 Å².